The number of carbonyl (C=O) groups excluding carboxylic acids is 2. The van der Waals surface area contributed by atoms with Crippen LogP contribution in [0.25, 0.3) is 0 Å². The third-order valence-corrected chi connectivity index (χ3v) is 2.40. The first-order valence-electron chi connectivity index (χ1n) is 5.52. The molecule has 1 aliphatic rings. The molecule has 1 saturated heterocycles. The van der Waals surface area contributed by atoms with Crippen LogP contribution in [0.5, 0.6) is 0 Å². The molecule has 1 atom stereocenters. The number of carboxylic acid groups (broad SMARTS) is 1. The maximum Gasteiger partial charge on any atom is 0.410 e. The van der Waals surface area contributed by atoms with E-state index in [1.807, 2.05) is 0 Å². The summed E-state index contributed by atoms with van der Waals surface area (Å²) in [6.45, 7) is 5.68. The van der Waals surface area contributed by atoms with Gasteiger partial charge in [-0.1, -0.05) is 0 Å². The van der Waals surface area contributed by atoms with Gasteiger partial charge in [-0.15, -0.1) is 0 Å². The van der Waals surface area contributed by atoms with Gasteiger partial charge in [0.15, 0.2) is 0 Å². The van der Waals surface area contributed by atoms with Gasteiger partial charge in [-0.3, -0.25) is 4.90 Å². The van der Waals surface area contributed by atoms with E-state index in [0.717, 1.165) is 12.8 Å². The molecular formula is C11H18NO4-. The number of ether oxygens (including phenoxy) is 1. The lowest BCUT2D eigenvalue weighted by atomic mass is 10.0. The maximum absolute atomic E-state index is 11.7. The van der Waals surface area contributed by atoms with Crippen molar-refractivity contribution in [1.29, 1.82) is 0 Å². The largest absolute Gasteiger partial charge is 0.548 e. The molecule has 5 nitrogen and oxygen atoms in total. The number of aliphatic carboxylic acids is 1. The van der Waals surface area contributed by atoms with E-state index < -0.39 is 23.7 Å². The number of carbonyl (C=O) groups is 2. The molecular weight excluding hydrogens is 210 g/mol. The number of carboxylic acids is 1. The second kappa shape index (κ2) is 4.72. The number of piperidine rings is 1. The Bertz CT molecular complexity index is 282. The van der Waals surface area contributed by atoms with Gasteiger partial charge >= 0.3 is 6.09 Å². The highest BCUT2D eigenvalue weighted by atomic mass is 16.6. The standard InChI is InChI=1S/C11H19NO4/c1-11(2,3)16-10(15)12-7-5-4-6-8(12)9(13)14/h8H,4-7H2,1-3H3,(H,13,14)/p-1/t8-/m0/s1. The van der Waals surface area contributed by atoms with Crippen LogP contribution in [0.1, 0.15) is 40.0 Å². The van der Waals surface area contributed by atoms with Gasteiger partial charge in [0.1, 0.15) is 5.60 Å². The molecule has 1 heterocycles. The van der Waals surface area contributed by atoms with Crippen molar-refractivity contribution < 1.29 is 19.4 Å². The van der Waals surface area contributed by atoms with Gasteiger partial charge in [0.25, 0.3) is 0 Å². The number of hydrogen-bond donors (Lipinski definition) is 0. The summed E-state index contributed by atoms with van der Waals surface area (Å²) in [6, 6.07) is -0.844. The summed E-state index contributed by atoms with van der Waals surface area (Å²) < 4.78 is 5.15. The quantitative estimate of drug-likeness (QED) is 0.656. The highest BCUT2D eigenvalue weighted by Crippen LogP contribution is 2.19. The molecule has 0 aliphatic carbocycles. The van der Waals surface area contributed by atoms with Gasteiger partial charge in [-0.25, -0.2) is 4.79 Å². The molecule has 1 fully saturated rings. The fraction of sp³-hybridized carbons (Fsp3) is 0.818. The Morgan fingerprint density at radius 2 is 1.94 bits per heavy atom. The number of hydrogen-bond acceptors (Lipinski definition) is 4. The minimum atomic E-state index is -1.20. The number of rotatable bonds is 1. The van der Waals surface area contributed by atoms with Crippen LogP contribution >= 0.6 is 0 Å². The van der Waals surface area contributed by atoms with Crippen molar-refractivity contribution in [2.75, 3.05) is 6.54 Å². The summed E-state index contributed by atoms with van der Waals surface area (Å²) >= 11 is 0. The molecule has 0 spiro atoms. The van der Waals surface area contributed by atoms with E-state index in [1.54, 1.807) is 20.8 Å². The summed E-state index contributed by atoms with van der Waals surface area (Å²) in [5.74, 6) is -1.20. The molecule has 92 valence electrons. The van der Waals surface area contributed by atoms with E-state index in [-0.39, 0.29) is 0 Å². The minimum absolute atomic E-state index is 0.424. The zero-order valence-electron chi connectivity index (χ0n) is 9.99. The molecule has 16 heavy (non-hydrogen) atoms. The zero-order chi connectivity index (χ0) is 12.3. The van der Waals surface area contributed by atoms with E-state index in [0.29, 0.717) is 13.0 Å². The summed E-state index contributed by atoms with van der Waals surface area (Å²) in [5.41, 5.74) is -0.606. The third-order valence-electron chi connectivity index (χ3n) is 2.40. The minimum Gasteiger partial charge on any atom is -0.548 e. The van der Waals surface area contributed by atoms with Crippen molar-refractivity contribution in [1.82, 2.24) is 4.90 Å². The average Bonchev–Trinajstić information content (AvgIpc) is 2.15. The lowest BCUT2D eigenvalue weighted by Crippen LogP contribution is -2.53. The molecule has 1 amide bonds. The Morgan fingerprint density at radius 3 is 2.44 bits per heavy atom. The van der Waals surface area contributed by atoms with Crippen molar-refractivity contribution in [2.24, 2.45) is 0 Å². The van der Waals surface area contributed by atoms with Crippen LogP contribution in [0.15, 0.2) is 0 Å². The number of nitrogens with zero attached hydrogens (tertiary/aromatic N) is 1. The second-order valence-electron chi connectivity index (χ2n) is 5.00. The Morgan fingerprint density at radius 1 is 1.31 bits per heavy atom. The molecule has 0 radical (unpaired) electrons. The van der Waals surface area contributed by atoms with Crippen LogP contribution in [0, 0.1) is 0 Å². The average molecular weight is 228 g/mol. The van der Waals surface area contributed by atoms with E-state index in [4.69, 9.17) is 4.74 Å². The van der Waals surface area contributed by atoms with Crippen molar-refractivity contribution in [3.8, 4) is 0 Å². The van der Waals surface area contributed by atoms with E-state index >= 15 is 0 Å². The molecule has 0 N–H and O–H groups in total. The van der Waals surface area contributed by atoms with Crippen LogP contribution in [-0.4, -0.2) is 35.2 Å². The van der Waals surface area contributed by atoms with Crippen LogP contribution in [0.3, 0.4) is 0 Å². The Balaban J connectivity index is 2.68. The fourth-order valence-corrected chi connectivity index (χ4v) is 1.72. The van der Waals surface area contributed by atoms with Gasteiger partial charge in [-0.05, 0) is 40.0 Å². The molecule has 0 unspecified atom stereocenters. The van der Waals surface area contributed by atoms with Crippen LogP contribution in [0.4, 0.5) is 4.79 Å². The van der Waals surface area contributed by atoms with Crippen molar-refractivity contribution in [3.05, 3.63) is 0 Å². The Kier molecular flexibility index (Phi) is 3.78. The SMILES string of the molecule is CC(C)(C)OC(=O)N1CCCC[C@H]1C(=O)[O-]. The number of likely N-dealkylation sites (tertiary alicyclic amines) is 1. The van der Waals surface area contributed by atoms with Crippen molar-refractivity contribution >= 4 is 12.1 Å². The predicted molar refractivity (Wildman–Crippen MR) is 55.6 cm³/mol. The van der Waals surface area contributed by atoms with Gasteiger partial charge in [0.05, 0.1) is 12.0 Å². The summed E-state index contributed by atoms with van der Waals surface area (Å²) in [7, 11) is 0. The first-order chi connectivity index (χ1) is 7.31. The highest BCUT2D eigenvalue weighted by Gasteiger charge is 2.30. The molecule has 5 heteroatoms. The predicted octanol–water partition coefficient (Wildman–Crippen LogP) is 0.526. The van der Waals surface area contributed by atoms with Gasteiger partial charge in [-0.2, -0.15) is 0 Å². The topological polar surface area (TPSA) is 69.7 Å². The van der Waals surface area contributed by atoms with E-state index in [2.05, 4.69) is 0 Å². The first-order valence-corrected chi connectivity index (χ1v) is 5.52. The molecule has 0 aromatic rings. The highest BCUT2D eigenvalue weighted by molar-refractivity contribution is 5.79. The van der Waals surface area contributed by atoms with Crippen LogP contribution in [-0.2, 0) is 9.53 Å². The molecule has 0 bridgehead atoms. The van der Waals surface area contributed by atoms with Gasteiger partial charge in [0.2, 0.25) is 0 Å². The van der Waals surface area contributed by atoms with Crippen LogP contribution in [0.2, 0.25) is 0 Å². The molecule has 0 aromatic heterocycles. The summed E-state index contributed by atoms with van der Waals surface area (Å²) in [6.07, 6.45) is 1.49. The van der Waals surface area contributed by atoms with E-state index in [9.17, 15) is 14.7 Å². The fourth-order valence-electron chi connectivity index (χ4n) is 1.72. The smallest absolute Gasteiger partial charge is 0.410 e. The summed E-state index contributed by atoms with van der Waals surface area (Å²) in [4.78, 5) is 23.9. The Hall–Kier alpha value is -1.26. The molecule has 0 saturated carbocycles. The summed E-state index contributed by atoms with van der Waals surface area (Å²) in [5, 5.41) is 10.9. The zero-order valence-corrected chi connectivity index (χ0v) is 9.99. The monoisotopic (exact) mass is 228 g/mol. The number of amides is 1. The normalized spacial score (nSPS) is 21.7. The molecule has 1 aliphatic heterocycles. The molecule has 0 aromatic carbocycles. The van der Waals surface area contributed by atoms with Gasteiger partial charge in [0, 0.05) is 6.54 Å². The third kappa shape index (κ3) is 3.40. The van der Waals surface area contributed by atoms with Crippen molar-refractivity contribution in [3.63, 3.8) is 0 Å². The maximum atomic E-state index is 11.7. The van der Waals surface area contributed by atoms with Gasteiger partial charge < -0.3 is 14.6 Å². The van der Waals surface area contributed by atoms with Crippen molar-refractivity contribution in [2.45, 2.75) is 51.7 Å². The molecule has 1 rings (SSSR count). The van der Waals surface area contributed by atoms with E-state index in [1.165, 1.54) is 4.90 Å². The Labute approximate surface area is 95.4 Å². The van der Waals surface area contributed by atoms with Crippen LogP contribution < -0.4 is 5.11 Å². The lowest BCUT2D eigenvalue weighted by Gasteiger charge is -2.37. The second-order valence-corrected chi connectivity index (χ2v) is 5.00. The lowest BCUT2D eigenvalue weighted by molar-refractivity contribution is -0.312. The first kappa shape index (κ1) is 12.8.